The summed E-state index contributed by atoms with van der Waals surface area (Å²) in [6.07, 6.45) is 0. The lowest BCUT2D eigenvalue weighted by Gasteiger charge is -2.11. The van der Waals surface area contributed by atoms with Gasteiger partial charge in [0.2, 0.25) is 0 Å². The average molecular weight is 304 g/mol. The standard InChI is InChI=1S/C12H18BrNOS/c1-9(7-15)8-16-12-4-3-11(13)5-10(12)6-14-2/h3-5,9,14-15H,6-8H2,1-2H3. The third kappa shape index (κ3) is 4.45. The molecule has 0 amide bonds. The molecule has 1 aromatic carbocycles. The van der Waals surface area contributed by atoms with Crippen LogP contribution < -0.4 is 5.32 Å². The Hall–Kier alpha value is -0.0300. The molecule has 0 fully saturated rings. The van der Waals surface area contributed by atoms with E-state index in [9.17, 15) is 0 Å². The van der Waals surface area contributed by atoms with Crippen molar-refractivity contribution in [3.05, 3.63) is 28.2 Å². The second-order valence-electron chi connectivity index (χ2n) is 3.88. The summed E-state index contributed by atoms with van der Waals surface area (Å²) < 4.78 is 1.11. The molecule has 0 spiro atoms. The highest BCUT2D eigenvalue weighted by atomic mass is 79.9. The van der Waals surface area contributed by atoms with Crippen molar-refractivity contribution in [3.63, 3.8) is 0 Å². The number of hydrogen-bond donors (Lipinski definition) is 2. The topological polar surface area (TPSA) is 32.3 Å². The van der Waals surface area contributed by atoms with Crippen molar-refractivity contribution in [2.75, 3.05) is 19.4 Å². The highest BCUT2D eigenvalue weighted by Gasteiger charge is 2.06. The van der Waals surface area contributed by atoms with Gasteiger partial charge in [0.05, 0.1) is 0 Å². The van der Waals surface area contributed by atoms with Crippen molar-refractivity contribution >= 4 is 27.7 Å². The van der Waals surface area contributed by atoms with Gasteiger partial charge in [0, 0.05) is 28.3 Å². The van der Waals surface area contributed by atoms with Crippen molar-refractivity contribution in [2.24, 2.45) is 5.92 Å². The summed E-state index contributed by atoms with van der Waals surface area (Å²) in [7, 11) is 1.95. The van der Waals surface area contributed by atoms with Crippen LogP contribution in [-0.4, -0.2) is 24.5 Å². The first-order valence-corrected chi connectivity index (χ1v) is 7.12. The second kappa shape index (κ2) is 7.33. The smallest absolute Gasteiger partial charge is 0.0464 e. The first-order valence-electron chi connectivity index (χ1n) is 5.34. The fourth-order valence-corrected chi connectivity index (χ4v) is 2.76. The summed E-state index contributed by atoms with van der Waals surface area (Å²) in [5, 5.41) is 12.2. The van der Waals surface area contributed by atoms with Crippen LogP contribution in [0.5, 0.6) is 0 Å². The highest BCUT2D eigenvalue weighted by Crippen LogP contribution is 2.27. The van der Waals surface area contributed by atoms with E-state index in [1.165, 1.54) is 10.5 Å². The minimum Gasteiger partial charge on any atom is -0.396 e. The van der Waals surface area contributed by atoms with Crippen LogP contribution in [0.15, 0.2) is 27.6 Å². The van der Waals surface area contributed by atoms with Crippen LogP contribution in [0.25, 0.3) is 0 Å². The van der Waals surface area contributed by atoms with Crippen LogP contribution in [0, 0.1) is 5.92 Å². The fraction of sp³-hybridized carbons (Fsp3) is 0.500. The van der Waals surface area contributed by atoms with Gasteiger partial charge in [-0.2, -0.15) is 0 Å². The molecule has 2 N–H and O–H groups in total. The van der Waals surface area contributed by atoms with Crippen LogP contribution in [0.1, 0.15) is 12.5 Å². The molecule has 0 saturated carbocycles. The van der Waals surface area contributed by atoms with E-state index in [2.05, 4.69) is 46.4 Å². The van der Waals surface area contributed by atoms with E-state index >= 15 is 0 Å². The SMILES string of the molecule is CNCc1cc(Br)ccc1SCC(C)CO. The predicted molar refractivity (Wildman–Crippen MR) is 73.9 cm³/mol. The lowest BCUT2D eigenvalue weighted by atomic mass is 10.2. The molecule has 0 aliphatic carbocycles. The zero-order valence-electron chi connectivity index (χ0n) is 9.66. The Bertz CT molecular complexity index is 333. The molecule has 90 valence electrons. The van der Waals surface area contributed by atoms with Gasteiger partial charge >= 0.3 is 0 Å². The summed E-state index contributed by atoms with van der Waals surface area (Å²) in [4.78, 5) is 1.29. The molecule has 16 heavy (non-hydrogen) atoms. The molecule has 0 saturated heterocycles. The largest absolute Gasteiger partial charge is 0.396 e. The fourth-order valence-electron chi connectivity index (χ4n) is 1.30. The molecular formula is C12H18BrNOS. The Morgan fingerprint density at radius 1 is 1.50 bits per heavy atom. The number of aliphatic hydroxyl groups is 1. The molecule has 0 heterocycles. The first-order chi connectivity index (χ1) is 7.67. The zero-order valence-corrected chi connectivity index (χ0v) is 12.1. The number of benzene rings is 1. The van der Waals surface area contributed by atoms with Gasteiger partial charge in [0.15, 0.2) is 0 Å². The van der Waals surface area contributed by atoms with E-state index in [0.717, 1.165) is 16.8 Å². The Morgan fingerprint density at radius 3 is 2.88 bits per heavy atom. The van der Waals surface area contributed by atoms with Crippen LogP contribution >= 0.6 is 27.7 Å². The minimum atomic E-state index is 0.255. The van der Waals surface area contributed by atoms with Gasteiger partial charge in [-0.25, -0.2) is 0 Å². The van der Waals surface area contributed by atoms with E-state index in [1.807, 2.05) is 18.8 Å². The lowest BCUT2D eigenvalue weighted by Crippen LogP contribution is -2.07. The summed E-state index contributed by atoms with van der Waals surface area (Å²) in [5.74, 6) is 1.30. The Balaban J connectivity index is 2.70. The summed E-state index contributed by atoms with van der Waals surface area (Å²) in [5.41, 5.74) is 1.30. The minimum absolute atomic E-state index is 0.255. The van der Waals surface area contributed by atoms with Gasteiger partial charge in [-0.15, -0.1) is 11.8 Å². The third-order valence-corrected chi connectivity index (χ3v) is 4.16. The quantitative estimate of drug-likeness (QED) is 0.793. The number of halogens is 1. The van der Waals surface area contributed by atoms with E-state index < -0.39 is 0 Å². The summed E-state index contributed by atoms with van der Waals surface area (Å²) >= 11 is 5.29. The lowest BCUT2D eigenvalue weighted by molar-refractivity contribution is 0.250. The Kier molecular flexibility index (Phi) is 6.43. The highest BCUT2D eigenvalue weighted by molar-refractivity contribution is 9.10. The molecule has 0 radical (unpaired) electrons. The molecule has 0 bridgehead atoms. The molecule has 1 unspecified atom stereocenters. The van der Waals surface area contributed by atoms with Gasteiger partial charge in [0.1, 0.15) is 0 Å². The monoisotopic (exact) mass is 303 g/mol. The van der Waals surface area contributed by atoms with Gasteiger partial charge in [-0.05, 0) is 36.7 Å². The third-order valence-electron chi connectivity index (χ3n) is 2.22. The molecule has 2 nitrogen and oxygen atoms in total. The Morgan fingerprint density at radius 2 is 2.25 bits per heavy atom. The normalized spacial score (nSPS) is 12.8. The van der Waals surface area contributed by atoms with Crippen molar-refractivity contribution < 1.29 is 5.11 Å². The molecule has 4 heteroatoms. The maximum Gasteiger partial charge on any atom is 0.0464 e. The average Bonchev–Trinajstić information content (AvgIpc) is 2.28. The van der Waals surface area contributed by atoms with Crippen LogP contribution in [-0.2, 0) is 6.54 Å². The van der Waals surface area contributed by atoms with Crippen LogP contribution in [0.3, 0.4) is 0 Å². The van der Waals surface area contributed by atoms with Gasteiger partial charge in [-0.1, -0.05) is 22.9 Å². The molecule has 0 aliphatic rings. The van der Waals surface area contributed by atoms with Crippen molar-refractivity contribution in [1.82, 2.24) is 5.32 Å². The molecular weight excluding hydrogens is 286 g/mol. The molecule has 1 aromatic rings. The van der Waals surface area contributed by atoms with Crippen LogP contribution in [0.2, 0.25) is 0 Å². The number of nitrogens with one attached hydrogen (secondary N) is 1. The number of thioether (sulfide) groups is 1. The van der Waals surface area contributed by atoms with E-state index in [-0.39, 0.29) is 6.61 Å². The van der Waals surface area contributed by atoms with Gasteiger partial charge < -0.3 is 10.4 Å². The van der Waals surface area contributed by atoms with E-state index in [4.69, 9.17) is 5.11 Å². The maximum absolute atomic E-state index is 9.00. The number of rotatable bonds is 6. The molecule has 0 aliphatic heterocycles. The second-order valence-corrected chi connectivity index (χ2v) is 5.86. The predicted octanol–water partition coefficient (Wildman–Crippen LogP) is 2.89. The van der Waals surface area contributed by atoms with E-state index in [0.29, 0.717) is 5.92 Å². The molecule has 1 atom stereocenters. The first kappa shape index (κ1) is 14.0. The zero-order chi connectivity index (χ0) is 12.0. The van der Waals surface area contributed by atoms with Crippen molar-refractivity contribution in [3.8, 4) is 0 Å². The van der Waals surface area contributed by atoms with Crippen molar-refractivity contribution in [1.29, 1.82) is 0 Å². The summed E-state index contributed by atoms with van der Waals surface area (Å²) in [6.45, 7) is 3.18. The summed E-state index contributed by atoms with van der Waals surface area (Å²) in [6, 6.07) is 6.33. The Labute approximate surface area is 110 Å². The molecule has 1 rings (SSSR count). The van der Waals surface area contributed by atoms with E-state index in [1.54, 1.807) is 0 Å². The number of aliphatic hydroxyl groups excluding tert-OH is 1. The van der Waals surface area contributed by atoms with Crippen LogP contribution in [0.4, 0.5) is 0 Å². The maximum atomic E-state index is 9.00. The van der Waals surface area contributed by atoms with Gasteiger partial charge in [0.25, 0.3) is 0 Å². The molecule has 0 aromatic heterocycles. The van der Waals surface area contributed by atoms with Crippen molar-refractivity contribution in [2.45, 2.75) is 18.4 Å². The van der Waals surface area contributed by atoms with Gasteiger partial charge in [-0.3, -0.25) is 0 Å². The number of hydrogen-bond acceptors (Lipinski definition) is 3.